The zero-order chi connectivity index (χ0) is 17.3. The first kappa shape index (κ1) is 14.6. The molecule has 122 valence electrons. The average Bonchev–Trinajstić information content (AvgIpc) is 2.74. The first-order valence-corrected chi connectivity index (χ1v) is 8.28. The molecule has 0 saturated heterocycles. The van der Waals surface area contributed by atoms with Gasteiger partial charge in [-0.1, -0.05) is 54.6 Å². The third-order valence-electron chi connectivity index (χ3n) is 4.27. The Morgan fingerprint density at radius 2 is 1.31 bits per heavy atom. The van der Waals surface area contributed by atoms with Crippen LogP contribution in [0.15, 0.2) is 79.3 Å². The predicted molar refractivity (Wildman–Crippen MR) is 101 cm³/mol. The average molecular weight is 335 g/mol. The molecular weight excluding hydrogens is 322 g/mol. The second kappa shape index (κ2) is 5.97. The van der Waals surface area contributed by atoms with E-state index in [1.165, 1.54) is 6.33 Å². The van der Waals surface area contributed by atoms with E-state index in [4.69, 9.17) is 4.98 Å². The van der Waals surface area contributed by atoms with Gasteiger partial charge in [-0.2, -0.15) is 0 Å². The highest BCUT2D eigenvalue weighted by Crippen LogP contribution is 2.25. The van der Waals surface area contributed by atoms with Gasteiger partial charge in [0.15, 0.2) is 11.6 Å². The lowest BCUT2D eigenvalue weighted by Gasteiger charge is -2.06. The molecule has 0 spiro atoms. The molecule has 5 aromatic rings. The Morgan fingerprint density at radius 3 is 2.19 bits per heavy atom. The van der Waals surface area contributed by atoms with E-state index in [9.17, 15) is 0 Å². The van der Waals surface area contributed by atoms with Gasteiger partial charge in [-0.05, 0) is 12.1 Å². The summed E-state index contributed by atoms with van der Waals surface area (Å²) in [5.74, 6) is 1.18. The Kier molecular flexibility index (Phi) is 3.35. The first-order chi connectivity index (χ1) is 12.9. The summed E-state index contributed by atoms with van der Waals surface area (Å²) < 4.78 is 0. The van der Waals surface area contributed by atoms with Crippen molar-refractivity contribution >= 4 is 21.8 Å². The van der Waals surface area contributed by atoms with Crippen LogP contribution in [0.4, 0.5) is 0 Å². The Balaban J connectivity index is 1.69. The topological polar surface area (TPSA) is 64.5 Å². The number of hydrogen-bond acceptors (Lipinski definition) is 5. The Morgan fingerprint density at radius 1 is 0.538 bits per heavy atom. The number of aromatic nitrogens is 5. The van der Waals surface area contributed by atoms with Gasteiger partial charge in [-0.15, -0.1) is 0 Å². The van der Waals surface area contributed by atoms with E-state index in [0.29, 0.717) is 17.3 Å². The molecule has 0 atom stereocenters. The van der Waals surface area contributed by atoms with Crippen LogP contribution in [-0.2, 0) is 0 Å². The Labute approximate surface area is 149 Å². The van der Waals surface area contributed by atoms with Crippen molar-refractivity contribution in [2.45, 2.75) is 0 Å². The quantitative estimate of drug-likeness (QED) is 0.450. The van der Waals surface area contributed by atoms with E-state index < -0.39 is 0 Å². The lowest BCUT2D eigenvalue weighted by Crippen LogP contribution is -1.97. The molecule has 5 nitrogen and oxygen atoms in total. The molecule has 0 radical (unpaired) electrons. The van der Waals surface area contributed by atoms with Crippen molar-refractivity contribution in [1.82, 2.24) is 24.9 Å². The van der Waals surface area contributed by atoms with Crippen LogP contribution in [0.25, 0.3) is 44.7 Å². The van der Waals surface area contributed by atoms with Gasteiger partial charge in [0.25, 0.3) is 0 Å². The summed E-state index contributed by atoms with van der Waals surface area (Å²) in [6.45, 7) is 0. The summed E-state index contributed by atoms with van der Waals surface area (Å²) in [7, 11) is 0. The lowest BCUT2D eigenvalue weighted by atomic mass is 10.1. The minimum absolute atomic E-state index is 0.550. The lowest BCUT2D eigenvalue weighted by molar-refractivity contribution is 1.05. The van der Waals surface area contributed by atoms with E-state index in [2.05, 4.69) is 32.1 Å². The van der Waals surface area contributed by atoms with Gasteiger partial charge in [0.05, 0.1) is 11.0 Å². The molecule has 26 heavy (non-hydrogen) atoms. The number of nitrogens with zero attached hydrogens (tertiary/aromatic N) is 5. The van der Waals surface area contributed by atoms with Crippen molar-refractivity contribution in [3.8, 4) is 22.9 Å². The van der Waals surface area contributed by atoms with E-state index in [0.717, 1.165) is 27.4 Å². The van der Waals surface area contributed by atoms with Crippen LogP contribution in [0.1, 0.15) is 0 Å². The summed E-state index contributed by atoms with van der Waals surface area (Å²) in [4.78, 5) is 22.5. The predicted octanol–water partition coefficient (Wildman–Crippen LogP) is 4.30. The molecule has 0 amide bonds. The van der Waals surface area contributed by atoms with Gasteiger partial charge in [-0.25, -0.2) is 19.9 Å². The van der Waals surface area contributed by atoms with Crippen molar-refractivity contribution in [2.75, 3.05) is 0 Å². The van der Waals surface area contributed by atoms with E-state index >= 15 is 0 Å². The zero-order valence-electron chi connectivity index (χ0n) is 13.7. The molecule has 0 bridgehead atoms. The maximum absolute atomic E-state index is 4.79. The van der Waals surface area contributed by atoms with Crippen molar-refractivity contribution < 1.29 is 0 Å². The largest absolute Gasteiger partial charge is 0.254 e. The summed E-state index contributed by atoms with van der Waals surface area (Å²) in [6.07, 6.45) is 3.31. The molecule has 0 aliphatic heterocycles. The summed E-state index contributed by atoms with van der Waals surface area (Å²) in [5, 5.41) is 2.10. The fourth-order valence-electron chi connectivity index (χ4n) is 2.99. The van der Waals surface area contributed by atoms with Crippen molar-refractivity contribution in [1.29, 1.82) is 0 Å². The smallest absolute Gasteiger partial charge is 0.181 e. The van der Waals surface area contributed by atoms with Crippen LogP contribution in [0.2, 0.25) is 0 Å². The Bertz CT molecular complexity index is 1240. The second-order valence-electron chi connectivity index (χ2n) is 5.91. The van der Waals surface area contributed by atoms with E-state index in [1.54, 1.807) is 6.20 Å². The molecule has 0 aliphatic carbocycles. The minimum atomic E-state index is 0.550. The van der Waals surface area contributed by atoms with Gasteiger partial charge in [-0.3, -0.25) is 4.98 Å². The number of rotatable bonds is 2. The SMILES string of the molecule is c1ccc(-c2ncnc(-c3ccc4ccc5cccnc5c4n3)n2)cc1. The fourth-order valence-corrected chi connectivity index (χ4v) is 2.99. The molecule has 0 aliphatic rings. The maximum Gasteiger partial charge on any atom is 0.181 e. The highest BCUT2D eigenvalue weighted by atomic mass is 15.0. The Hall–Kier alpha value is -3.73. The maximum atomic E-state index is 4.79. The summed E-state index contributed by atoms with van der Waals surface area (Å²) >= 11 is 0. The molecule has 3 heterocycles. The second-order valence-corrected chi connectivity index (χ2v) is 5.91. The monoisotopic (exact) mass is 335 g/mol. The third kappa shape index (κ3) is 2.46. The first-order valence-electron chi connectivity index (χ1n) is 8.28. The summed E-state index contributed by atoms with van der Waals surface area (Å²) in [5.41, 5.74) is 3.38. The molecule has 0 unspecified atom stereocenters. The molecular formula is C21H13N5. The van der Waals surface area contributed by atoms with Crippen LogP contribution in [0, 0.1) is 0 Å². The number of benzene rings is 2. The standard InChI is InChI=1S/C21H13N5/c1-2-5-16(6-3-1)20-23-13-24-21(26-20)17-11-10-15-9-8-14-7-4-12-22-18(14)19(15)25-17/h1-13H. The summed E-state index contributed by atoms with van der Waals surface area (Å²) in [6, 6.07) is 21.9. The van der Waals surface area contributed by atoms with Gasteiger partial charge in [0, 0.05) is 22.5 Å². The fraction of sp³-hybridized carbons (Fsp3) is 0. The van der Waals surface area contributed by atoms with Gasteiger partial charge in [0.2, 0.25) is 0 Å². The van der Waals surface area contributed by atoms with E-state index in [-0.39, 0.29) is 0 Å². The molecule has 3 aromatic heterocycles. The van der Waals surface area contributed by atoms with Crippen molar-refractivity contribution in [3.05, 3.63) is 79.3 Å². The molecule has 0 N–H and O–H groups in total. The number of fused-ring (bicyclic) bond motifs is 3. The van der Waals surface area contributed by atoms with Crippen molar-refractivity contribution in [3.63, 3.8) is 0 Å². The molecule has 0 saturated carbocycles. The minimum Gasteiger partial charge on any atom is -0.254 e. The molecule has 0 fully saturated rings. The highest BCUT2D eigenvalue weighted by molar-refractivity contribution is 6.03. The van der Waals surface area contributed by atoms with Gasteiger partial charge in [0.1, 0.15) is 12.0 Å². The van der Waals surface area contributed by atoms with Crippen LogP contribution < -0.4 is 0 Å². The van der Waals surface area contributed by atoms with Crippen LogP contribution in [0.5, 0.6) is 0 Å². The normalized spacial score (nSPS) is 11.1. The van der Waals surface area contributed by atoms with E-state index in [1.807, 2.05) is 54.6 Å². The molecule has 2 aromatic carbocycles. The molecule has 5 rings (SSSR count). The number of pyridine rings is 2. The molecule has 5 heteroatoms. The van der Waals surface area contributed by atoms with Gasteiger partial charge >= 0.3 is 0 Å². The number of hydrogen-bond donors (Lipinski definition) is 0. The zero-order valence-corrected chi connectivity index (χ0v) is 13.7. The van der Waals surface area contributed by atoms with Crippen LogP contribution in [-0.4, -0.2) is 24.9 Å². The van der Waals surface area contributed by atoms with Crippen molar-refractivity contribution in [2.24, 2.45) is 0 Å². The van der Waals surface area contributed by atoms with Crippen LogP contribution >= 0.6 is 0 Å². The van der Waals surface area contributed by atoms with Crippen LogP contribution in [0.3, 0.4) is 0 Å². The third-order valence-corrected chi connectivity index (χ3v) is 4.27. The van der Waals surface area contributed by atoms with Gasteiger partial charge < -0.3 is 0 Å². The highest BCUT2D eigenvalue weighted by Gasteiger charge is 2.10.